The molecule has 0 unspecified atom stereocenters. The van der Waals surface area contributed by atoms with Gasteiger partial charge in [0, 0.05) is 18.1 Å². The fourth-order valence-corrected chi connectivity index (χ4v) is 1.42. The van der Waals surface area contributed by atoms with Crippen LogP contribution in [0.5, 0.6) is 0 Å². The molecule has 0 aliphatic rings. The number of pyridine rings is 1. The number of nitrogens with one attached hydrogen (secondary N) is 1. The van der Waals surface area contributed by atoms with Gasteiger partial charge in [-0.05, 0) is 24.7 Å². The van der Waals surface area contributed by atoms with Gasteiger partial charge < -0.3 is 5.32 Å². The lowest BCUT2D eigenvalue weighted by atomic mass is 10.1. The third-order valence-electron chi connectivity index (χ3n) is 2.03. The molecule has 2 rings (SSSR count). The van der Waals surface area contributed by atoms with Crippen LogP contribution in [0.25, 0.3) is 10.9 Å². The van der Waals surface area contributed by atoms with Crippen molar-refractivity contribution in [2.24, 2.45) is 0 Å². The van der Waals surface area contributed by atoms with Crippen molar-refractivity contribution < 1.29 is 0 Å². The molecule has 1 N–H and O–H groups in total. The van der Waals surface area contributed by atoms with E-state index in [2.05, 4.69) is 22.4 Å². The Morgan fingerprint density at radius 3 is 2.67 bits per heavy atom. The molecule has 2 aromatic rings. The van der Waals surface area contributed by atoms with Crippen molar-refractivity contribution in [3.8, 4) is 0 Å². The maximum atomic E-state index is 4.36. The molecule has 0 aliphatic heterocycles. The van der Waals surface area contributed by atoms with E-state index in [1.54, 1.807) is 0 Å². The predicted octanol–water partition coefficient (Wildman–Crippen LogP) is 2.98. The summed E-state index contributed by atoms with van der Waals surface area (Å²) in [5.41, 5.74) is 2.28. The molecule has 1 aromatic carbocycles. The van der Waals surface area contributed by atoms with E-state index >= 15 is 0 Å². The lowest BCUT2D eigenvalue weighted by Gasteiger charge is -2.01. The van der Waals surface area contributed by atoms with Gasteiger partial charge in [-0.25, -0.2) is 0 Å². The Kier molecular flexibility index (Phi) is 4.78. The van der Waals surface area contributed by atoms with E-state index in [9.17, 15) is 0 Å². The average molecular weight is 202 g/mol. The molecule has 2 nitrogen and oxygen atoms in total. The summed E-state index contributed by atoms with van der Waals surface area (Å²) in [4.78, 5) is 4.36. The molecular weight excluding hydrogens is 184 g/mol. The second kappa shape index (κ2) is 6.14. The zero-order chi connectivity index (χ0) is 11.1. The number of aromatic nitrogens is 1. The van der Waals surface area contributed by atoms with Crippen LogP contribution >= 0.6 is 0 Å². The second-order valence-corrected chi connectivity index (χ2v) is 3.07. The van der Waals surface area contributed by atoms with Gasteiger partial charge in [0.15, 0.2) is 0 Å². The zero-order valence-corrected chi connectivity index (χ0v) is 9.62. The SMILES string of the molecule is CC.CNCc1cnc2ccccc2c1. The summed E-state index contributed by atoms with van der Waals surface area (Å²) in [7, 11) is 1.94. The number of hydrogen-bond donors (Lipinski definition) is 1. The molecule has 0 radical (unpaired) electrons. The number of fused-ring (bicyclic) bond motifs is 1. The monoisotopic (exact) mass is 202 g/mol. The minimum atomic E-state index is 0.873. The Bertz CT molecular complexity index is 410. The van der Waals surface area contributed by atoms with Gasteiger partial charge in [-0.3, -0.25) is 4.98 Å². The van der Waals surface area contributed by atoms with Gasteiger partial charge >= 0.3 is 0 Å². The molecule has 0 bridgehead atoms. The van der Waals surface area contributed by atoms with Crippen LogP contribution in [0.2, 0.25) is 0 Å². The van der Waals surface area contributed by atoms with Crippen LogP contribution in [-0.2, 0) is 6.54 Å². The third kappa shape index (κ3) is 3.03. The molecule has 0 saturated heterocycles. The highest BCUT2D eigenvalue weighted by Gasteiger charge is 1.95. The van der Waals surface area contributed by atoms with Gasteiger partial charge in [0.2, 0.25) is 0 Å². The van der Waals surface area contributed by atoms with Crippen molar-refractivity contribution in [1.29, 1.82) is 0 Å². The van der Waals surface area contributed by atoms with E-state index < -0.39 is 0 Å². The summed E-state index contributed by atoms with van der Waals surface area (Å²) in [5.74, 6) is 0. The first kappa shape index (κ1) is 11.7. The van der Waals surface area contributed by atoms with Crippen molar-refractivity contribution in [3.63, 3.8) is 0 Å². The first-order valence-electron chi connectivity index (χ1n) is 5.38. The number of rotatable bonds is 2. The van der Waals surface area contributed by atoms with E-state index in [0.717, 1.165) is 12.1 Å². The topological polar surface area (TPSA) is 24.9 Å². The molecule has 15 heavy (non-hydrogen) atoms. The van der Waals surface area contributed by atoms with Crippen molar-refractivity contribution in [3.05, 3.63) is 42.1 Å². The second-order valence-electron chi connectivity index (χ2n) is 3.07. The Morgan fingerprint density at radius 1 is 1.20 bits per heavy atom. The molecule has 0 atom stereocenters. The largest absolute Gasteiger partial charge is 0.316 e. The zero-order valence-electron chi connectivity index (χ0n) is 9.62. The lowest BCUT2D eigenvalue weighted by molar-refractivity contribution is 0.815. The molecule has 0 fully saturated rings. The Morgan fingerprint density at radius 2 is 1.93 bits per heavy atom. The van der Waals surface area contributed by atoms with E-state index in [-0.39, 0.29) is 0 Å². The first-order valence-corrected chi connectivity index (χ1v) is 5.38. The number of benzene rings is 1. The minimum absolute atomic E-state index is 0.873. The highest BCUT2D eigenvalue weighted by Crippen LogP contribution is 2.12. The smallest absolute Gasteiger partial charge is 0.0702 e. The van der Waals surface area contributed by atoms with Crippen molar-refractivity contribution >= 4 is 10.9 Å². The van der Waals surface area contributed by atoms with Crippen LogP contribution in [0.15, 0.2) is 36.5 Å². The van der Waals surface area contributed by atoms with Crippen LogP contribution in [0.4, 0.5) is 0 Å². The summed E-state index contributed by atoms with van der Waals surface area (Å²) >= 11 is 0. The fraction of sp³-hybridized carbons (Fsp3) is 0.308. The molecular formula is C13H18N2. The minimum Gasteiger partial charge on any atom is -0.316 e. The standard InChI is InChI=1S/C11H12N2.C2H6/c1-12-7-9-6-10-4-2-3-5-11(10)13-8-9;1-2/h2-6,8,12H,7H2,1H3;1-2H3. The predicted molar refractivity (Wildman–Crippen MR) is 65.9 cm³/mol. The van der Waals surface area contributed by atoms with Crippen LogP contribution in [0.3, 0.4) is 0 Å². The van der Waals surface area contributed by atoms with Crippen molar-refractivity contribution in [1.82, 2.24) is 10.3 Å². The van der Waals surface area contributed by atoms with Crippen molar-refractivity contribution in [2.45, 2.75) is 20.4 Å². The van der Waals surface area contributed by atoms with Gasteiger partial charge in [0.25, 0.3) is 0 Å². The van der Waals surface area contributed by atoms with E-state index in [1.807, 2.05) is 45.3 Å². The fourth-order valence-electron chi connectivity index (χ4n) is 1.42. The van der Waals surface area contributed by atoms with Gasteiger partial charge in [-0.1, -0.05) is 32.0 Å². The van der Waals surface area contributed by atoms with Gasteiger partial charge in [-0.2, -0.15) is 0 Å². The Hall–Kier alpha value is -1.41. The average Bonchev–Trinajstić information content (AvgIpc) is 2.32. The Labute approximate surface area is 91.3 Å². The Balaban J connectivity index is 0.000000531. The molecule has 1 heterocycles. The maximum Gasteiger partial charge on any atom is 0.0702 e. The maximum absolute atomic E-state index is 4.36. The highest BCUT2D eigenvalue weighted by atomic mass is 14.8. The van der Waals surface area contributed by atoms with Crippen LogP contribution < -0.4 is 5.32 Å². The molecule has 0 saturated carbocycles. The van der Waals surface area contributed by atoms with E-state index in [0.29, 0.717) is 0 Å². The molecule has 2 heteroatoms. The lowest BCUT2D eigenvalue weighted by Crippen LogP contribution is -2.05. The van der Waals surface area contributed by atoms with Crippen LogP contribution in [-0.4, -0.2) is 12.0 Å². The van der Waals surface area contributed by atoms with Crippen molar-refractivity contribution in [2.75, 3.05) is 7.05 Å². The van der Waals surface area contributed by atoms with E-state index in [4.69, 9.17) is 0 Å². The summed E-state index contributed by atoms with van der Waals surface area (Å²) in [5, 5.41) is 4.31. The normalized spacial score (nSPS) is 9.53. The molecule has 1 aromatic heterocycles. The highest BCUT2D eigenvalue weighted by molar-refractivity contribution is 5.78. The number of para-hydroxylation sites is 1. The molecule has 0 amide bonds. The summed E-state index contributed by atoms with van der Waals surface area (Å²) in [6.07, 6.45) is 1.92. The molecule has 0 aliphatic carbocycles. The summed E-state index contributed by atoms with van der Waals surface area (Å²) in [6.45, 7) is 4.87. The third-order valence-corrected chi connectivity index (χ3v) is 2.03. The number of nitrogens with zero attached hydrogens (tertiary/aromatic N) is 1. The van der Waals surface area contributed by atoms with Gasteiger partial charge in [-0.15, -0.1) is 0 Å². The summed E-state index contributed by atoms with van der Waals surface area (Å²) in [6, 6.07) is 10.3. The quantitative estimate of drug-likeness (QED) is 0.809. The van der Waals surface area contributed by atoms with Crippen LogP contribution in [0, 0.1) is 0 Å². The number of hydrogen-bond acceptors (Lipinski definition) is 2. The van der Waals surface area contributed by atoms with Gasteiger partial charge in [0.05, 0.1) is 5.52 Å². The van der Waals surface area contributed by atoms with Gasteiger partial charge in [0.1, 0.15) is 0 Å². The molecule has 80 valence electrons. The van der Waals surface area contributed by atoms with Crippen LogP contribution in [0.1, 0.15) is 19.4 Å². The van der Waals surface area contributed by atoms with E-state index in [1.165, 1.54) is 10.9 Å². The molecule has 0 spiro atoms. The summed E-state index contributed by atoms with van der Waals surface area (Å²) < 4.78 is 0. The first-order chi connectivity index (χ1) is 7.40.